The molecule has 52 valence electrons. The Morgan fingerprint density at radius 3 is 2.78 bits per heavy atom. The number of hydrogen-bond acceptors (Lipinski definition) is 1. The molecule has 0 aliphatic carbocycles. The van der Waals surface area contributed by atoms with Crippen LogP contribution in [-0.2, 0) is 4.79 Å². The number of hydrogen-bond donors (Lipinski definition) is 0. The third-order valence-electron chi connectivity index (χ3n) is 1.01. The van der Waals surface area contributed by atoms with Gasteiger partial charge in [-0.1, -0.05) is 37.4 Å². The smallest absolute Gasteiger partial charge is 0.161 e. The summed E-state index contributed by atoms with van der Waals surface area (Å²) in [6.45, 7) is 2.10. The van der Waals surface area contributed by atoms with Gasteiger partial charge >= 0.3 is 0 Å². The van der Waals surface area contributed by atoms with Crippen molar-refractivity contribution < 1.29 is 4.79 Å². The predicted octanol–water partition coefficient (Wildman–Crippen LogP) is 2.50. The van der Waals surface area contributed by atoms with Crippen LogP contribution in [0.5, 0.6) is 0 Å². The van der Waals surface area contributed by atoms with Crippen LogP contribution in [0, 0.1) is 0 Å². The Hall–Kier alpha value is -0.300. The molecule has 0 fully saturated rings. The average Bonchev–Trinajstić information content (AvgIpc) is 1.89. The lowest BCUT2D eigenvalue weighted by Gasteiger charge is -1.86. The molecule has 0 aromatic heterocycles. The lowest BCUT2D eigenvalue weighted by molar-refractivity contribution is -0.104. The first-order valence-electron chi connectivity index (χ1n) is 3.12. The van der Waals surface area contributed by atoms with Crippen LogP contribution in [0.25, 0.3) is 0 Å². The van der Waals surface area contributed by atoms with Gasteiger partial charge < -0.3 is 0 Å². The molecule has 0 heterocycles. The van der Waals surface area contributed by atoms with E-state index in [0.717, 1.165) is 19.3 Å². The van der Waals surface area contributed by atoms with Gasteiger partial charge in [-0.05, 0) is 6.42 Å². The summed E-state index contributed by atoms with van der Waals surface area (Å²) in [5.41, 5.74) is 0. The van der Waals surface area contributed by atoms with E-state index < -0.39 is 0 Å². The number of carbonyl (C=O) groups excluding carboxylic acids is 1. The molecular formula is C7H11ClO. The van der Waals surface area contributed by atoms with Crippen LogP contribution >= 0.6 is 11.6 Å². The molecule has 2 heteroatoms. The van der Waals surface area contributed by atoms with Gasteiger partial charge in [0.05, 0.1) is 5.03 Å². The highest BCUT2D eigenvalue weighted by Gasteiger charge is 1.84. The highest BCUT2D eigenvalue weighted by molar-refractivity contribution is 6.38. The monoisotopic (exact) mass is 146 g/mol. The Labute approximate surface area is 60.7 Å². The van der Waals surface area contributed by atoms with E-state index >= 15 is 0 Å². The number of aldehydes is 1. The van der Waals surface area contributed by atoms with Crippen LogP contribution in [0.15, 0.2) is 11.1 Å². The predicted molar refractivity (Wildman–Crippen MR) is 39.5 cm³/mol. The van der Waals surface area contributed by atoms with E-state index in [9.17, 15) is 4.79 Å². The maximum absolute atomic E-state index is 9.90. The summed E-state index contributed by atoms with van der Waals surface area (Å²) in [6.07, 6.45) is 5.56. The van der Waals surface area contributed by atoms with Crippen LogP contribution in [0.3, 0.4) is 0 Å². The molecule has 1 nitrogen and oxygen atoms in total. The quantitative estimate of drug-likeness (QED) is 0.338. The lowest BCUT2D eigenvalue weighted by Crippen LogP contribution is -1.73. The summed E-state index contributed by atoms with van der Waals surface area (Å²) in [6, 6.07) is 0. The zero-order chi connectivity index (χ0) is 7.11. The van der Waals surface area contributed by atoms with Crippen molar-refractivity contribution in [2.24, 2.45) is 0 Å². The van der Waals surface area contributed by atoms with Crippen molar-refractivity contribution in [3.8, 4) is 0 Å². The third-order valence-corrected chi connectivity index (χ3v) is 1.25. The van der Waals surface area contributed by atoms with E-state index in [1.165, 1.54) is 0 Å². The second-order valence-corrected chi connectivity index (χ2v) is 2.29. The lowest BCUT2D eigenvalue weighted by atomic mass is 10.2. The molecule has 0 aromatic rings. The molecular weight excluding hydrogens is 136 g/mol. The standard InChI is InChI=1S/C7H11ClO/c1-2-3-4-5-7(8)6-9/h5-6H,2-4H2,1H3. The van der Waals surface area contributed by atoms with E-state index in [4.69, 9.17) is 11.6 Å². The second kappa shape index (κ2) is 5.83. The largest absolute Gasteiger partial charge is 0.297 e. The topological polar surface area (TPSA) is 17.1 Å². The summed E-state index contributed by atoms with van der Waals surface area (Å²) >= 11 is 5.39. The molecule has 0 aliphatic rings. The first-order chi connectivity index (χ1) is 4.31. The molecule has 0 atom stereocenters. The van der Waals surface area contributed by atoms with Gasteiger partial charge in [0.2, 0.25) is 0 Å². The fourth-order valence-electron chi connectivity index (χ4n) is 0.492. The van der Waals surface area contributed by atoms with E-state index in [1.54, 1.807) is 6.08 Å². The maximum Gasteiger partial charge on any atom is 0.161 e. The molecule has 0 saturated carbocycles. The van der Waals surface area contributed by atoms with Crippen molar-refractivity contribution in [1.82, 2.24) is 0 Å². The maximum atomic E-state index is 9.90. The molecule has 0 radical (unpaired) electrons. The number of allylic oxidation sites excluding steroid dienone is 2. The molecule has 0 unspecified atom stereocenters. The molecule has 9 heavy (non-hydrogen) atoms. The minimum atomic E-state index is 0.323. The zero-order valence-corrected chi connectivity index (χ0v) is 6.32. The minimum Gasteiger partial charge on any atom is -0.297 e. The third kappa shape index (κ3) is 5.57. The molecule has 0 bridgehead atoms. The Morgan fingerprint density at radius 1 is 1.67 bits per heavy atom. The normalized spacial score (nSPS) is 11.6. The molecule has 0 aliphatic heterocycles. The fraction of sp³-hybridized carbons (Fsp3) is 0.571. The number of halogens is 1. The van der Waals surface area contributed by atoms with Gasteiger partial charge in [-0.15, -0.1) is 0 Å². The van der Waals surface area contributed by atoms with Crippen molar-refractivity contribution in [2.45, 2.75) is 26.2 Å². The first kappa shape index (κ1) is 8.70. The summed E-state index contributed by atoms with van der Waals surface area (Å²) in [5.74, 6) is 0. The van der Waals surface area contributed by atoms with Gasteiger partial charge in [0, 0.05) is 0 Å². The van der Waals surface area contributed by atoms with E-state index in [1.807, 2.05) is 0 Å². The Balaban J connectivity index is 3.31. The number of unbranched alkanes of at least 4 members (excludes halogenated alkanes) is 2. The fourth-order valence-corrected chi connectivity index (χ4v) is 0.601. The van der Waals surface area contributed by atoms with Gasteiger partial charge in [-0.2, -0.15) is 0 Å². The highest BCUT2D eigenvalue weighted by Crippen LogP contribution is 2.01. The highest BCUT2D eigenvalue weighted by atomic mass is 35.5. The Kier molecular flexibility index (Phi) is 5.64. The van der Waals surface area contributed by atoms with Gasteiger partial charge in [-0.25, -0.2) is 0 Å². The molecule has 0 aromatic carbocycles. The van der Waals surface area contributed by atoms with Crippen LogP contribution in [-0.4, -0.2) is 6.29 Å². The minimum absolute atomic E-state index is 0.323. The second-order valence-electron chi connectivity index (χ2n) is 1.85. The van der Waals surface area contributed by atoms with Gasteiger partial charge in [0.15, 0.2) is 6.29 Å². The Bertz CT molecular complexity index is 107. The van der Waals surface area contributed by atoms with Crippen LogP contribution in [0.1, 0.15) is 26.2 Å². The van der Waals surface area contributed by atoms with Crippen LogP contribution in [0.4, 0.5) is 0 Å². The summed E-state index contributed by atoms with van der Waals surface area (Å²) in [7, 11) is 0. The first-order valence-corrected chi connectivity index (χ1v) is 3.50. The zero-order valence-electron chi connectivity index (χ0n) is 5.56. The van der Waals surface area contributed by atoms with Crippen LogP contribution in [0.2, 0.25) is 0 Å². The molecule has 0 rings (SSSR count). The average molecular weight is 147 g/mol. The van der Waals surface area contributed by atoms with Crippen molar-refractivity contribution in [3.05, 3.63) is 11.1 Å². The van der Waals surface area contributed by atoms with Crippen molar-refractivity contribution in [2.75, 3.05) is 0 Å². The summed E-state index contributed by atoms with van der Waals surface area (Å²) in [4.78, 5) is 9.90. The SMILES string of the molecule is CCCCC=C(Cl)C=O. The summed E-state index contributed by atoms with van der Waals surface area (Å²) in [5, 5.41) is 0.323. The molecule has 0 amide bonds. The molecule has 0 saturated heterocycles. The van der Waals surface area contributed by atoms with Gasteiger partial charge in [0.1, 0.15) is 0 Å². The number of carbonyl (C=O) groups is 1. The van der Waals surface area contributed by atoms with Gasteiger partial charge in [0.25, 0.3) is 0 Å². The van der Waals surface area contributed by atoms with Crippen molar-refractivity contribution in [1.29, 1.82) is 0 Å². The van der Waals surface area contributed by atoms with Crippen LogP contribution < -0.4 is 0 Å². The summed E-state index contributed by atoms with van der Waals surface area (Å²) < 4.78 is 0. The van der Waals surface area contributed by atoms with E-state index in [0.29, 0.717) is 11.3 Å². The molecule has 0 spiro atoms. The Morgan fingerprint density at radius 2 is 2.33 bits per heavy atom. The van der Waals surface area contributed by atoms with Gasteiger partial charge in [-0.3, -0.25) is 4.79 Å². The van der Waals surface area contributed by atoms with E-state index in [-0.39, 0.29) is 0 Å². The van der Waals surface area contributed by atoms with Crippen molar-refractivity contribution >= 4 is 17.9 Å². The van der Waals surface area contributed by atoms with E-state index in [2.05, 4.69) is 6.92 Å². The van der Waals surface area contributed by atoms with Crippen molar-refractivity contribution in [3.63, 3.8) is 0 Å². The number of rotatable bonds is 4. The molecule has 0 N–H and O–H groups in total.